The Morgan fingerprint density at radius 3 is 2.66 bits per heavy atom. The van der Waals surface area contributed by atoms with Gasteiger partial charge in [-0.1, -0.05) is 27.3 Å². The van der Waals surface area contributed by atoms with E-state index in [0.29, 0.717) is 6.42 Å². The van der Waals surface area contributed by atoms with Crippen molar-refractivity contribution in [3.8, 4) is 5.75 Å². The molecular formula is C21H22BrN3O2S2. The number of carbonyl (C=O) groups is 1. The fourth-order valence-electron chi connectivity index (χ4n) is 3.25. The molecule has 1 aliphatic heterocycles. The Labute approximate surface area is 187 Å². The second-order valence-electron chi connectivity index (χ2n) is 6.75. The number of piperazine rings is 1. The first-order valence-electron chi connectivity index (χ1n) is 9.48. The molecule has 0 bridgehead atoms. The van der Waals surface area contributed by atoms with Gasteiger partial charge in [0.25, 0.3) is 0 Å². The van der Waals surface area contributed by atoms with Gasteiger partial charge in [0.1, 0.15) is 5.75 Å². The molecule has 3 aromatic rings. The molecule has 0 spiro atoms. The number of rotatable bonds is 6. The van der Waals surface area contributed by atoms with Crippen LogP contribution in [0, 0.1) is 0 Å². The fraction of sp³-hybridized carbons (Fsp3) is 0.333. The molecule has 29 heavy (non-hydrogen) atoms. The van der Waals surface area contributed by atoms with E-state index in [1.807, 2.05) is 41.3 Å². The van der Waals surface area contributed by atoms with Gasteiger partial charge in [0.05, 0.1) is 17.3 Å². The molecule has 152 valence electrons. The molecule has 0 radical (unpaired) electrons. The molecule has 1 aromatic heterocycles. The minimum Gasteiger partial charge on any atom is -0.497 e. The van der Waals surface area contributed by atoms with E-state index in [0.717, 1.165) is 57.7 Å². The SMILES string of the molecule is COc1ccc(SCCC(=O)N2CCN(c3nc4ccc(Br)cc4s3)CC2)cc1. The van der Waals surface area contributed by atoms with Crippen LogP contribution in [0.25, 0.3) is 10.2 Å². The monoisotopic (exact) mass is 491 g/mol. The Morgan fingerprint density at radius 1 is 1.17 bits per heavy atom. The van der Waals surface area contributed by atoms with Crippen LogP contribution in [0.4, 0.5) is 5.13 Å². The van der Waals surface area contributed by atoms with E-state index in [4.69, 9.17) is 9.72 Å². The number of ether oxygens (including phenoxy) is 1. The number of anilines is 1. The average Bonchev–Trinajstić information content (AvgIpc) is 3.17. The molecule has 2 aromatic carbocycles. The highest BCUT2D eigenvalue weighted by Gasteiger charge is 2.23. The summed E-state index contributed by atoms with van der Waals surface area (Å²) in [5.41, 5.74) is 1.03. The summed E-state index contributed by atoms with van der Waals surface area (Å²) in [6.45, 7) is 3.17. The lowest BCUT2D eigenvalue weighted by atomic mass is 10.3. The van der Waals surface area contributed by atoms with Crippen molar-refractivity contribution in [1.29, 1.82) is 0 Å². The van der Waals surface area contributed by atoms with E-state index < -0.39 is 0 Å². The molecule has 1 aliphatic rings. The van der Waals surface area contributed by atoms with Crippen molar-refractivity contribution in [2.24, 2.45) is 0 Å². The highest BCUT2D eigenvalue weighted by molar-refractivity contribution is 9.10. The number of thiazole rings is 1. The van der Waals surface area contributed by atoms with Crippen molar-refractivity contribution < 1.29 is 9.53 Å². The van der Waals surface area contributed by atoms with Crippen LogP contribution in [-0.2, 0) is 4.79 Å². The van der Waals surface area contributed by atoms with Crippen LogP contribution in [0.1, 0.15) is 6.42 Å². The highest BCUT2D eigenvalue weighted by Crippen LogP contribution is 2.31. The number of hydrogen-bond donors (Lipinski definition) is 0. The number of fused-ring (bicyclic) bond motifs is 1. The topological polar surface area (TPSA) is 45.7 Å². The lowest BCUT2D eigenvalue weighted by Gasteiger charge is -2.34. The van der Waals surface area contributed by atoms with E-state index in [9.17, 15) is 4.79 Å². The van der Waals surface area contributed by atoms with Gasteiger partial charge in [0, 0.05) is 47.7 Å². The molecule has 1 amide bonds. The van der Waals surface area contributed by atoms with Crippen LogP contribution in [0.15, 0.2) is 51.8 Å². The van der Waals surface area contributed by atoms with Crippen molar-refractivity contribution in [2.75, 3.05) is 43.9 Å². The van der Waals surface area contributed by atoms with Crippen molar-refractivity contribution in [2.45, 2.75) is 11.3 Å². The number of methoxy groups -OCH3 is 1. The molecule has 0 unspecified atom stereocenters. The van der Waals surface area contributed by atoms with Gasteiger partial charge in [-0.3, -0.25) is 4.79 Å². The summed E-state index contributed by atoms with van der Waals surface area (Å²) in [6.07, 6.45) is 0.561. The molecule has 0 atom stereocenters. The zero-order chi connectivity index (χ0) is 20.2. The number of amides is 1. The highest BCUT2D eigenvalue weighted by atomic mass is 79.9. The van der Waals surface area contributed by atoms with Crippen LogP contribution in [0.3, 0.4) is 0 Å². The van der Waals surface area contributed by atoms with Gasteiger partial charge >= 0.3 is 0 Å². The van der Waals surface area contributed by atoms with Gasteiger partial charge < -0.3 is 14.5 Å². The average molecular weight is 492 g/mol. The standard InChI is InChI=1S/C21H22BrN3O2S2/c1-27-16-3-5-17(6-4-16)28-13-8-20(26)24-9-11-25(12-10-24)21-23-18-7-2-15(22)14-19(18)29-21/h2-7,14H,8-13H2,1H3. The first-order valence-corrected chi connectivity index (χ1v) is 12.1. The Morgan fingerprint density at radius 2 is 1.93 bits per heavy atom. The number of hydrogen-bond acceptors (Lipinski definition) is 6. The zero-order valence-electron chi connectivity index (χ0n) is 16.1. The second kappa shape index (κ2) is 9.36. The van der Waals surface area contributed by atoms with Crippen LogP contribution < -0.4 is 9.64 Å². The number of aromatic nitrogens is 1. The van der Waals surface area contributed by atoms with E-state index in [1.54, 1.807) is 30.2 Å². The van der Waals surface area contributed by atoms with Gasteiger partial charge in [-0.2, -0.15) is 0 Å². The van der Waals surface area contributed by atoms with Crippen LogP contribution >= 0.6 is 39.0 Å². The summed E-state index contributed by atoms with van der Waals surface area (Å²) in [5, 5.41) is 1.04. The molecule has 1 fully saturated rings. The third-order valence-electron chi connectivity index (χ3n) is 4.89. The predicted octanol–water partition coefficient (Wildman–Crippen LogP) is 4.90. The quantitative estimate of drug-likeness (QED) is 0.459. The summed E-state index contributed by atoms with van der Waals surface area (Å²) in [7, 11) is 1.66. The maximum Gasteiger partial charge on any atom is 0.223 e. The molecule has 0 saturated carbocycles. The summed E-state index contributed by atoms with van der Waals surface area (Å²) < 4.78 is 7.43. The van der Waals surface area contributed by atoms with Gasteiger partial charge in [0.15, 0.2) is 5.13 Å². The first-order chi connectivity index (χ1) is 14.1. The van der Waals surface area contributed by atoms with Gasteiger partial charge in [-0.25, -0.2) is 4.98 Å². The van der Waals surface area contributed by atoms with E-state index in [-0.39, 0.29) is 5.91 Å². The molecule has 0 aliphatic carbocycles. The van der Waals surface area contributed by atoms with E-state index >= 15 is 0 Å². The number of thioether (sulfide) groups is 1. The summed E-state index contributed by atoms with van der Waals surface area (Å²) in [6, 6.07) is 14.1. The number of halogens is 1. The first kappa shape index (κ1) is 20.5. The fourth-order valence-corrected chi connectivity index (χ4v) is 5.66. The van der Waals surface area contributed by atoms with Crippen molar-refractivity contribution in [3.05, 3.63) is 46.9 Å². The van der Waals surface area contributed by atoms with Crippen LogP contribution in [-0.4, -0.2) is 54.8 Å². The maximum absolute atomic E-state index is 12.6. The lowest BCUT2D eigenvalue weighted by Crippen LogP contribution is -2.48. The Kier molecular flexibility index (Phi) is 6.62. The third-order valence-corrected chi connectivity index (χ3v) is 7.47. The van der Waals surface area contributed by atoms with Gasteiger partial charge in [0.2, 0.25) is 5.91 Å². The molecule has 8 heteroatoms. The van der Waals surface area contributed by atoms with Crippen molar-refractivity contribution >= 4 is 60.3 Å². The minimum absolute atomic E-state index is 0.235. The van der Waals surface area contributed by atoms with E-state index in [1.165, 1.54) is 4.70 Å². The Balaban J connectivity index is 1.25. The third kappa shape index (κ3) is 5.05. The molecule has 1 saturated heterocycles. The normalized spacial score (nSPS) is 14.4. The number of nitrogens with zero attached hydrogens (tertiary/aromatic N) is 3. The van der Waals surface area contributed by atoms with Gasteiger partial charge in [-0.15, -0.1) is 11.8 Å². The van der Waals surface area contributed by atoms with Crippen LogP contribution in [0.5, 0.6) is 5.75 Å². The lowest BCUT2D eigenvalue weighted by molar-refractivity contribution is -0.131. The molecular weight excluding hydrogens is 470 g/mol. The Bertz CT molecular complexity index is 985. The predicted molar refractivity (Wildman–Crippen MR) is 124 cm³/mol. The smallest absolute Gasteiger partial charge is 0.223 e. The number of carbonyl (C=O) groups excluding carboxylic acids is 1. The molecule has 5 nitrogen and oxygen atoms in total. The van der Waals surface area contributed by atoms with Gasteiger partial charge in [-0.05, 0) is 42.5 Å². The zero-order valence-corrected chi connectivity index (χ0v) is 19.4. The summed E-state index contributed by atoms with van der Waals surface area (Å²) >= 11 is 6.94. The maximum atomic E-state index is 12.6. The molecule has 0 N–H and O–H groups in total. The molecule has 4 rings (SSSR count). The molecule has 2 heterocycles. The van der Waals surface area contributed by atoms with Crippen molar-refractivity contribution in [1.82, 2.24) is 9.88 Å². The number of benzene rings is 2. The summed E-state index contributed by atoms with van der Waals surface area (Å²) in [5.74, 6) is 1.88. The Hall–Kier alpha value is -1.77. The largest absolute Gasteiger partial charge is 0.497 e. The van der Waals surface area contributed by atoms with Crippen molar-refractivity contribution in [3.63, 3.8) is 0 Å². The minimum atomic E-state index is 0.235. The van der Waals surface area contributed by atoms with E-state index in [2.05, 4.69) is 26.9 Å². The summed E-state index contributed by atoms with van der Waals surface area (Å²) in [4.78, 5) is 22.7. The van der Waals surface area contributed by atoms with Crippen LogP contribution in [0.2, 0.25) is 0 Å². The second-order valence-corrected chi connectivity index (χ2v) is 9.84.